The number of carboxylic acids is 1. The van der Waals surface area contributed by atoms with Gasteiger partial charge in [-0.05, 0) is 12.1 Å². The second-order valence-corrected chi connectivity index (χ2v) is 3.09. The van der Waals surface area contributed by atoms with Gasteiger partial charge in [-0.3, -0.25) is 9.63 Å². The van der Waals surface area contributed by atoms with Crippen LogP contribution in [0.2, 0.25) is 5.02 Å². The van der Waals surface area contributed by atoms with E-state index < -0.39 is 24.3 Å². The van der Waals surface area contributed by atoms with Crippen LogP contribution in [-0.4, -0.2) is 23.6 Å². The molecular formula is C9H7ClFNO4. The first-order valence-electron chi connectivity index (χ1n) is 4.10. The highest BCUT2D eigenvalue weighted by Gasteiger charge is 2.13. The molecule has 0 unspecified atom stereocenters. The third kappa shape index (κ3) is 3.18. The molecule has 0 heterocycles. The van der Waals surface area contributed by atoms with E-state index in [9.17, 15) is 14.0 Å². The van der Waals surface area contributed by atoms with E-state index in [0.717, 1.165) is 6.07 Å². The first kappa shape index (κ1) is 12.4. The summed E-state index contributed by atoms with van der Waals surface area (Å²) in [5.41, 5.74) is 1.70. The van der Waals surface area contributed by atoms with Gasteiger partial charge in [-0.2, -0.15) is 0 Å². The summed E-state index contributed by atoms with van der Waals surface area (Å²) in [5.74, 6) is -2.80. The van der Waals surface area contributed by atoms with Gasteiger partial charge in [0, 0.05) is 0 Å². The normalized spacial score (nSPS) is 9.88. The van der Waals surface area contributed by atoms with E-state index in [4.69, 9.17) is 16.7 Å². The molecule has 5 nitrogen and oxygen atoms in total. The molecule has 0 aliphatic heterocycles. The number of aliphatic carboxylic acids is 1. The molecule has 0 aliphatic rings. The zero-order valence-electron chi connectivity index (χ0n) is 7.87. The molecule has 16 heavy (non-hydrogen) atoms. The van der Waals surface area contributed by atoms with E-state index in [2.05, 4.69) is 4.84 Å². The molecule has 1 aromatic carbocycles. The van der Waals surface area contributed by atoms with Crippen molar-refractivity contribution in [1.82, 2.24) is 5.48 Å². The fourth-order valence-corrected chi connectivity index (χ4v) is 1.11. The van der Waals surface area contributed by atoms with Crippen LogP contribution in [0.1, 0.15) is 10.4 Å². The molecule has 0 radical (unpaired) electrons. The molecule has 0 aliphatic carbocycles. The van der Waals surface area contributed by atoms with Crippen LogP contribution in [0.3, 0.4) is 0 Å². The summed E-state index contributed by atoms with van der Waals surface area (Å²) in [6.45, 7) is -0.696. The Labute approximate surface area is 94.7 Å². The van der Waals surface area contributed by atoms with E-state index in [1.165, 1.54) is 12.1 Å². The maximum atomic E-state index is 12.9. The molecule has 0 saturated carbocycles. The maximum absolute atomic E-state index is 12.9. The molecule has 86 valence electrons. The fraction of sp³-hybridized carbons (Fsp3) is 0.111. The number of benzene rings is 1. The van der Waals surface area contributed by atoms with E-state index in [-0.39, 0.29) is 10.6 Å². The van der Waals surface area contributed by atoms with Crippen molar-refractivity contribution in [2.45, 2.75) is 0 Å². The largest absolute Gasteiger partial charge is 0.479 e. The average Bonchev–Trinajstić information content (AvgIpc) is 2.21. The van der Waals surface area contributed by atoms with Crippen LogP contribution in [0.15, 0.2) is 18.2 Å². The third-order valence-corrected chi connectivity index (χ3v) is 1.94. The lowest BCUT2D eigenvalue weighted by Crippen LogP contribution is -2.27. The summed E-state index contributed by atoms with van der Waals surface area (Å²) in [5, 5.41) is 7.89. The van der Waals surface area contributed by atoms with Gasteiger partial charge in [0.05, 0.1) is 10.6 Å². The second kappa shape index (κ2) is 5.43. The van der Waals surface area contributed by atoms with Crippen molar-refractivity contribution in [2.24, 2.45) is 0 Å². The Balaban J connectivity index is 2.66. The van der Waals surface area contributed by atoms with Gasteiger partial charge in [0.2, 0.25) is 0 Å². The van der Waals surface area contributed by atoms with Crippen molar-refractivity contribution in [3.8, 4) is 0 Å². The molecule has 7 heteroatoms. The van der Waals surface area contributed by atoms with Gasteiger partial charge < -0.3 is 5.11 Å². The molecule has 0 saturated heterocycles. The number of carbonyl (C=O) groups excluding carboxylic acids is 1. The Bertz CT molecular complexity index is 424. The van der Waals surface area contributed by atoms with Gasteiger partial charge in [-0.1, -0.05) is 17.7 Å². The summed E-state index contributed by atoms with van der Waals surface area (Å²) in [6, 6.07) is 3.68. The van der Waals surface area contributed by atoms with Crippen molar-refractivity contribution in [3.05, 3.63) is 34.6 Å². The number of carbonyl (C=O) groups is 2. The monoisotopic (exact) mass is 247 g/mol. The van der Waals surface area contributed by atoms with Gasteiger partial charge in [0.1, 0.15) is 5.82 Å². The van der Waals surface area contributed by atoms with Crippen LogP contribution < -0.4 is 5.48 Å². The molecule has 1 rings (SSSR count). The van der Waals surface area contributed by atoms with Gasteiger partial charge >= 0.3 is 5.97 Å². The van der Waals surface area contributed by atoms with E-state index in [1.807, 2.05) is 5.48 Å². The standard InChI is InChI=1S/C9H7ClFNO4/c10-8-5(2-1-3-6(8)11)9(15)12-16-4-7(13)14/h1-3H,4H2,(H,12,15)(H,13,14). The molecule has 0 fully saturated rings. The lowest BCUT2D eigenvalue weighted by Gasteiger charge is -2.05. The van der Waals surface area contributed by atoms with Crippen molar-refractivity contribution < 1.29 is 23.9 Å². The van der Waals surface area contributed by atoms with Gasteiger partial charge in [-0.25, -0.2) is 14.7 Å². The van der Waals surface area contributed by atoms with E-state index in [0.29, 0.717) is 0 Å². The predicted octanol–water partition coefficient (Wildman–Crippen LogP) is 1.23. The van der Waals surface area contributed by atoms with Gasteiger partial charge in [-0.15, -0.1) is 0 Å². The Hall–Kier alpha value is -1.66. The van der Waals surface area contributed by atoms with E-state index in [1.54, 1.807) is 0 Å². The summed E-state index contributed by atoms with van der Waals surface area (Å²) in [7, 11) is 0. The van der Waals surface area contributed by atoms with Crippen molar-refractivity contribution in [3.63, 3.8) is 0 Å². The predicted molar refractivity (Wildman–Crippen MR) is 52.5 cm³/mol. The zero-order chi connectivity index (χ0) is 12.1. The van der Waals surface area contributed by atoms with Crippen LogP contribution in [0.4, 0.5) is 4.39 Å². The topological polar surface area (TPSA) is 75.6 Å². The maximum Gasteiger partial charge on any atom is 0.332 e. The number of amides is 1. The Morgan fingerprint density at radius 2 is 2.19 bits per heavy atom. The number of halogens is 2. The van der Waals surface area contributed by atoms with Gasteiger partial charge in [0.15, 0.2) is 6.61 Å². The summed E-state index contributed by atoms with van der Waals surface area (Å²) >= 11 is 5.52. The molecular weight excluding hydrogens is 241 g/mol. The third-order valence-electron chi connectivity index (χ3n) is 1.56. The summed E-state index contributed by atoms with van der Waals surface area (Å²) in [6.07, 6.45) is 0. The number of hydrogen-bond acceptors (Lipinski definition) is 3. The number of hydroxylamine groups is 1. The molecule has 0 bridgehead atoms. The SMILES string of the molecule is O=C(O)CONC(=O)c1cccc(F)c1Cl. The Morgan fingerprint density at radius 3 is 2.81 bits per heavy atom. The van der Waals surface area contributed by atoms with Crippen molar-refractivity contribution in [2.75, 3.05) is 6.61 Å². The Kier molecular flexibility index (Phi) is 4.21. The lowest BCUT2D eigenvalue weighted by molar-refractivity contribution is -0.144. The van der Waals surface area contributed by atoms with Crippen molar-refractivity contribution >= 4 is 23.5 Å². The number of rotatable bonds is 4. The Morgan fingerprint density at radius 1 is 1.50 bits per heavy atom. The summed E-state index contributed by atoms with van der Waals surface area (Å²) in [4.78, 5) is 25.7. The number of carboxylic acid groups (broad SMARTS) is 1. The minimum Gasteiger partial charge on any atom is -0.479 e. The molecule has 1 amide bonds. The zero-order valence-corrected chi connectivity index (χ0v) is 8.62. The van der Waals surface area contributed by atoms with Crippen molar-refractivity contribution in [1.29, 1.82) is 0 Å². The summed E-state index contributed by atoms with van der Waals surface area (Å²) < 4.78 is 12.9. The average molecular weight is 248 g/mol. The molecule has 1 aromatic rings. The molecule has 0 aromatic heterocycles. The van der Waals surface area contributed by atoms with Crippen LogP contribution in [-0.2, 0) is 9.63 Å². The van der Waals surface area contributed by atoms with Crippen LogP contribution >= 0.6 is 11.6 Å². The highest BCUT2D eigenvalue weighted by atomic mass is 35.5. The lowest BCUT2D eigenvalue weighted by atomic mass is 10.2. The number of hydrogen-bond donors (Lipinski definition) is 2. The molecule has 0 spiro atoms. The first-order chi connectivity index (χ1) is 7.52. The quantitative estimate of drug-likeness (QED) is 0.785. The van der Waals surface area contributed by atoms with E-state index >= 15 is 0 Å². The molecule has 0 atom stereocenters. The minimum atomic E-state index is -1.24. The first-order valence-corrected chi connectivity index (χ1v) is 4.48. The van der Waals surface area contributed by atoms with Crippen LogP contribution in [0.5, 0.6) is 0 Å². The van der Waals surface area contributed by atoms with Crippen LogP contribution in [0.25, 0.3) is 0 Å². The number of nitrogens with one attached hydrogen (secondary N) is 1. The highest BCUT2D eigenvalue weighted by molar-refractivity contribution is 6.33. The smallest absolute Gasteiger partial charge is 0.332 e. The van der Waals surface area contributed by atoms with Gasteiger partial charge in [0.25, 0.3) is 5.91 Å². The highest BCUT2D eigenvalue weighted by Crippen LogP contribution is 2.19. The minimum absolute atomic E-state index is 0.132. The molecule has 2 N–H and O–H groups in total. The second-order valence-electron chi connectivity index (χ2n) is 2.71. The fourth-order valence-electron chi connectivity index (χ4n) is 0.898. The van der Waals surface area contributed by atoms with Crippen LogP contribution in [0, 0.1) is 5.82 Å².